The summed E-state index contributed by atoms with van der Waals surface area (Å²) < 4.78 is 1.99. The van der Waals surface area contributed by atoms with Crippen molar-refractivity contribution in [3.8, 4) is 0 Å². The van der Waals surface area contributed by atoms with E-state index in [9.17, 15) is 0 Å². The number of aromatic nitrogens is 4. The Bertz CT molecular complexity index is 558. The monoisotopic (exact) mass is 257 g/mol. The summed E-state index contributed by atoms with van der Waals surface area (Å²) in [7, 11) is 2.02. The van der Waals surface area contributed by atoms with Crippen LogP contribution < -0.4 is 5.32 Å². The second-order valence-electron chi connectivity index (χ2n) is 5.15. The van der Waals surface area contributed by atoms with E-state index in [0.29, 0.717) is 6.04 Å². The molecule has 0 saturated heterocycles. The quantitative estimate of drug-likeness (QED) is 0.909. The first-order chi connectivity index (χ1) is 9.24. The Hall–Kier alpha value is -1.75. The molecule has 0 bridgehead atoms. The number of nitrogens with zero attached hydrogens (tertiary/aromatic N) is 4. The van der Waals surface area contributed by atoms with Gasteiger partial charge in [-0.3, -0.25) is 14.6 Å². The standard InChI is InChI=1S/C14H19N5/c1-10-6-16-11(7-15-10)8-17-13-4-3-5-14-12(13)9-18-19(14)2/h6-7,9,13,17H,3-5,8H2,1-2H3. The molecular formula is C14H19N5. The number of hydrogen-bond donors (Lipinski definition) is 1. The zero-order valence-corrected chi connectivity index (χ0v) is 11.4. The van der Waals surface area contributed by atoms with Gasteiger partial charge >= 0.3 is 0 Å². The third-order valence-electron chi connectivity index (χ3n) is 3.74. The molecule has 1 N–H and O–H groups in total. The van der Waals surface area contributed by atoms with Crippen LogP contribution in [0.2, 0.25) is 0 Å². The second kappa shape index (κ2) is 5.09. The fraction of sp³-hybridized carbons (Fsp3) is 0.500. The first-order valence-corrected chi connectivity index (χ1v) is 6.75. The van der Waals surface area contributed by atoms with Gasteiger partial charge in [0.05, 0.1) is 17.6 Å². The molecule has 1 atom stereocenters. The van der Waals surface area contributed by atoms with Crippen LogP contribution in [0.3, 0.4) is 0 Å². The third kappa shape index (κ3) is 2.51. The van der Waals surface area contributed by atoms with E-state index in [1.54, 1.807) is 0 Å². The van der Waals surface area contributed by atoms with Crippen LogP contribution in [0, 0.1) is 6.92 Å². The Labute approximate surface area is 113 Å². The van der Waals surface area contributed by atoms with Crippen molar-refractivity contribution in [2.45, 2.75) is 38.8 Å². The lowest BCUT2D eigenvalue weighted by Gasteiger charge is -2.23. The maximum Gasteiger partial charge on any atom is 0.0724 e. The van der Waals surface area contributed by atoms with E-state index < -0.39 is 0 Å². The van der Waals surface area contributed by atoms with E-state index in [0.717, 1.165) is 30.8 Å². The van der Waals surface area contributed by atoms with E-state index >= 15 is 0 Å². The molecule has 0 radical (unpaired) electrons. The van der Waals surface area contributed by atoms with Crippen LogP contribution in [0.4, 0.5) is 0 Å². The highest BCUT2D eigenvalue weighted by molar-refractivity contribution is 5.24. The Kier molecular flexibility index (Phi) is 3.29. The average molecular weight is 257 g/mol. The van der Waals surface area contributed by atoms with Gasteiger partial charge in [-0.25, -0.2) is 0 Å². The minimum atomic E-state index is 0.389. The Balaban J connectivity index is 1.69. The molecule has 1 aliphatic carbocycles. The van der Waals surface area contributed by atoms with Crippen LogP contribution in [0.25, 0.3) is 0 Å². The number of rotatable bonds is 3. The van der Waals surface area contributed by atoms with Gasteiger partial charge in [0.25, 0.3) is 0 Å². The van der Waals surface area contributed by atoms with Gasteiger partial charge in [0.15, 0.2) is 0 Å². The Morgan fingerprint density at radius 3 is 3.00 bits per heavy atom. The zero-order valence-electron chi connectivity index (χ0n) is 11.4. The largest absolute Gasteiger partial charge is 0.304 e. The third-order valence-corrected chi connectivity index (χ3v) is 3.74. The number of fused-ring (bicyclic) bond motifs is 1. The van der Waals surface area contributed by atoms with Crippen LogP contribution in [-0.2, 0) is 20.0 Å². The average Bonchev–Trinajstić information content (AvgIpc) is 2.81. The summed E-state index contributed by atoms with van der Waals surface area (Å²) in [5.41, 5.74) is 4.64. The highest BCUT2D eigenvalue weighted by Gasteiger charge is 2.22. The lowest BCUT2D eigenvalue weighted by atomic mass is 9.93. The number of hydrogen-bond acceptors (Lipinski definition) is 4. The van der Waals surface area contributed by atoms with E-state index in [2.05, 4.69) is 20.4 Å². The van der Waals surface area contributed by atoms with Crippen molar-refractivity contribution in [1.29, 1.82) is 0 Å². The van der Waals surface area contributed by atoms with Crippen molar-refractivity contribution in [2.24, 2.45) is 7.05 Å². The SMILES string of the molecule is Cc1cnc(CNC2CCCc3c2cnn3C)cn1. The van der Waals surface area contributed by atoms with Crippen LogP contribution >= 0.6 is 0 Å². The van der Waals surface area contributed by atoms with Crippen molar-refractivity contribution in [1.82, 2.24) is 25.1 Å². The molecule has 0 aliphatic heterocycles. The second-order valence-corrected chi connectivity index (χ2v) is 5.15. The molecule has 3 rings (SSSR count). The van der Waals surface area contributed by atoms with E-state index in [-0.39, 0.29) is 0 Å². The van der Waals surface area contributed by atoms with Gasteiger partial charge < -0.3 is 5.32 Å². The van der Waals surface area contributed by atoms with Crippen LogP contribution in [0.5, 0.6) is 0 Å². The first kappa shape index (κ1) is 12.3. The fourth-order valence-electron chi connectivity index (χ4n) is 2.66. The summed E-state index contributed by atoms with van der Waals surface area (Å²) in [6.07, 6.45) is 9.16. The zero-order chi connectivity index (χ0) is 13.2. The molecule has 0 amide bonds. The predicted molar refractivity (Wildman–Crippen MR) is 72.5 cm³/mol. The molecule has 1 aliphatic rings. The molecule has 0 aromatic carbocycles. The van der Waals surface area contributed by atoms with Gasteiger partial charge in [-0.2, -0.15) is 5.10 Å². The highest BCUT2D eigenvalue weighted by Crippen LogP contribution is 2.29. The van der Waals surface area contributed by atoms with Gasteiger partial charge in [-0.15, -0.1) is 0 Å². The smallest absolute Gasteiger partial charge is 0.0724 e. The first-order valence-electron chi connectivity index (χ1n) is 6.75. The van der Waals surface area contributed by atoms with Crippen molar-refractivity contribution < 1.29 is 0 Å². The minimum absolute atomic E-state index is 0.389. The lowest BCUT2D eigenvalue weighted by Crippen LogP contribution is -2.25. The molecule has 100 valence electrons. The predicted octanol–water partition coefficient (Wildman–Crippen LogP) is 1.69. The fourth-order valence-corrected chi connectivity index (χ4v) is 2.66. The summed E-state index contributed by atoms with van der Waals surface area (Å²) >= 11 is 0. The van der Waals surface area contributed by atoms with Crippen LogP contribution in [0.15, 0.2) is 18.6 Å². The summed E-state index contributed by atoms with van der Waals surface area (Å²) in [6.45, 7) is 2.71. The summed E-state index contributed by atoms with van der Waals surface area (Å²) in [5, 5.41) is 7.93. The molecule has 2 aromatic rings. The van der Waals surface area contributed by atoms with E-state index in [1.807, 2.05) is 37.2 Å². The lowest BCUT2D eigenvalue weighted by molar-refractivity contribution is 0.449. The van der Waals surface area contributed by atoms with E-state index in [1.165, 1.54) is 17.7 Å². The van der Waals surface area contributed by atoms with Crippen LogP contribution in [0.1, 0.15) is 41.5 Å². The maximum atomic E-state index is 4.38. The molecule has 5 nitrogen and oxygen atoms in total. The van der Waals surface area contributed by atoms with Crippen molar-refractivity contribution >= 4 is 0 Å². The van der Waals surface area contributed by atoms with Crippen molar-refractivity contribution in [3.05, 3.63) is 41.2 Å². The summed E-state index contributed by atoms with van der Waals surface area (Å²) in [5.74, 6) is 0. The Morgan fingerprint density at radius 2 is 2.21 bits per heavy atom. The normalized spacial score (nSPS) is 18.3. The molecule has 0 spiro atoms. The molecule has 1 unspecified atom stereocenters. The van der Waals surface area contributed by atoms with Gasteiger partial charge in [-0.05, 0) is 26.2 Å². The Morgan fingerprint density at radius 1 is 1.32 bits per heavy atom. The van der Waals surface area contributed by atoms with Gasteiger partial charge in [0.1, 0.15) is 0 Å². The summed E-state index contributed by atoms with van der Waals surface area (Å²) in [6, 6.07) is 0.389. The van der Waals surface area contributed by atoms with Gasteiger partial charge in [-0.1, -0.05) is 0 Å². The molecule has 2 heterocycles. The molecular weight excluding hydrogens is 238 g/mol. The summed E-state index contributed by atoms with van der Waals surface area (Å²) in [4.78, 5) is 8.65. The molecule has 2 aromatic heterocycles. The highest BCUT2D eigenvalue weighted by atomic mass is 15.3. The van der Waals surface area contributed by atoms with Gasteiger partial charge in [0.2, 0.25) is 0 Å². The van der Waals surface area contributed by atoms with E-state index in [4.69, 9.17) is 0 Å². The van der Waals surface area contributed by atoms with Crippen molar-refractivity contribution in [3.63, 3.8) is 0 Å². The van der Waals surface area contributed by atoms with Crippen LogP contribution in [-0.4, -0.2) is 19.7 Å². The number of nitrogens with one attached hydrogen (secondary N) is 1. The molecule has 0 saturated carbocycles. The van der Waals surface area contributed by atoms with Crippen molar-refractivity contribution in [2.75, 3.05) is 0 Å². The molecule has 5 heteroatoms. The molecule has 19 heavy (non-hydrogen) atoms. The van der Waals surface area contributed by atoms with Gasteiger partial charge in [0, 0.05) is 43.3 Å². The number of aryl methyl sites for hydroxylation is 2. The topological polar surface area (TPSA) is 55.6 Å². The minimum Gasteiger partial charge on any atom is -0.304 e. The maximum absolute atomic E-state index is 4.38. The molecule has 0 fully saturated rings.